The van der Waals surface area contributed by atoms with Crippen LogP contribution >= 0.6 is 11.8 Å². The first-order valence-electron chi connectivity index (χ1n) is 11.3. The molecule has 0 saturated carbocycles. The third kappa shape index (κ3) is 5.68. The molecule has 0 atom stereocenters. The predicted octanol–water partition coefficient (Wildman–Crippen LogP) is 5.02. The number of nitrogens with one attached hydrogen (secondary N) is 1. The van der Waals surface area contributed by atoms with E-state index >= 15 is 0 Å². The van der Waals surface area contributed by atoms with E-state index in [1.165, 1.54) is 59.2 Å². The molecule has 1 heterocycles. The number of hydrogen-bond acceptors (Lipinski definition) is 5. The van der Waals surface area contributed by atoms with E-state index < -0.39 is 17.2 Å². The molecule has 0 bridgehead atoms. The Morgan fingerprint density at radius 2 is 1.69 bits per heavy atom. The molecule has 0 aliphatic rings. The molecule has 0 radical (unpaired) electrons. The minimum atomic E-state index is -0.532. The summed E-state index contributed by atoms with van der Waals surface area (Å²) >= 11 is 0.998. The zero-order valence-corrected chi connectivity index (χ0v) is 20.4. The van der Waals surface area contributed by atoms with Gasteiger partial charge < -0.3 is 5.32 Å². The summed E-state index contributed by atoms with van der Waals surface area (Å²) in [6.45, 7) is 4.46. The molecule has 4 rings (SSSR count). The molecule has 0 saturated heterocycles. The molecule has 0 spiro atoms. The number of carbonyl (C=O) groups excluding carboxylic acids is 2. The van der Waals surface area contributed by atoms with Crippen molar-refractivity contribution in [3.63, 3.8) is 0 Å². The minimum Gasteiger partial charge on any atom is -0.352 e. The van der Waals surface area contributed by atoms with Gasteiger partial charge in [-0.1, -0.05) is 31.7 Å². The summed E-state index contributed by atoms with van der Waals surface area (Å²) < 4.78 is 28.5. The molecule has 1 aromatic heterocycles. The lowest BCUT2D eigenvalue weighted by Crippen LogP contribution is -2.27. The molecule has 3 aromatic carbocycles. The Balaban J connectivity index is 1.76. The highest BCUT2D eigenvalue weighted by molar-refractivity contribution is 7.99. The van der Waals surface area contributed by atoms with Gasteiger partial charge in [0.25, 0.3) is 11.5 Å². The third-order valence-corrected chi connectivity index (χ3v) is 6.28. The van der Waals surface area contributed by atoms with Crippen LogP contribution in [0, 0.1) is 17.6 Å². The van der Waals surface area contributed by atoms with E-state index in [2.05, 4.69) is 10.3 Å². The van der Waals surface area contributed by atoms with Gasteiger partial charge in [0.1, 0.15) is 11.6 Å². The predicted molar refractivity (Wildman–Crippen MR) is 136 cm³/mol. The zero-order chi connectivity index (χ0) is 25.8. The second-order valence-corrected chi connectivity index (χ2v) is 9.51. The number of thioether (sulfide) groups is 1. The van der Waals surface area contributed by atoms with Crippen molar-refractivity contribution >= 4 is 34.4 Å². The fraction of sp³-hybridized carbons (Fsp3) is 0.185. The number of aromatic nitrogens is 2. The number of hydrogen-bond donors (Lipinski definition) is 1. The Morgan fingerprint density at radius 1 is 0.972 bits per heavy atom. The van der Waals surface area contributed by atoms with E-state index in [0.29, 0.717) is 17.7 Å². The Morgan fingerprint density at radius 3 is 2.39 bits per heavy atom. The number of halogens is 2. The van der Waals surface area contributed by atoms with Gasteiger partial charge >= 0.3 is 0 Å². The summed E-state index contributed by atoms with van der Waals surface area (Å²) in [5, 5.41) is 3.23. The lowest BCUT2D eigenvalue weighted by molar-refractivity contribution is 0.0948. The van der Waals surface area contributed by atoms with Crippen LogP contribution in [0.5, 0.6) is 0 Å². The maximum absolute atomic E-state index is 14.0. The third-order valence-electron chi connectivity index (χ3n) is 5.34. The maximum atomic E-state index is 14.0. The van der Waals surface area contributed by atoms with Crippen LogP contribution in [0.1, 0.15) is 34.6 Å². The summed E-state index contributed by atoms with van der Waals surface area (Å²) in [4.78, 5) is 43.3. The fourth-order valence-corrected chi connectivity index (χ4v) is 4.40. The molecule has 1 N–H and O–H groups in total. The van der Waals surface area contributed by atoms with E-state index in [1.807, 2.05) is 13.8 Å². The summed E-state index contributed by atoms with van der Waals surface area (Å²) in [5.41, 5.74) is 0.730. The Bertz CT molecular complexity index is 1500. The van der Waals surface area contributed by atoms with Crippen molar-refractivity contribution in [3.8, 4) is 5.69 Å². The number of carbonyl (C=O) groups is 2. The van der Waals surface area contributed by atoms with Crippen molar-refractivity contribution in [2.45, 2.75) is 19.0 Å². The number of Topliss-reactive ketones (excluding diaryl/α,β-unsaturated/α-hetero) is 1. The molecule has 6 nitrogen and oxygen atoms in total. The average Bonchev–Trinajstić information content (AvgIpc) is 2.86. The van der Waals surface area contributed by atoms with Crippen molar-refractivity contribution in [1.29, 1.82) is 0 Å². The lowest BCUT2D eigenvalue weighted by atomic mass is 10.1. The van der Waals surface area contributed by atoms with Crippen molar-refractivity contribution < 1.29 is 18.4 Å². The molecule has 9 heteroatoms. The van der Waals surface area contributed by atoms with Crippen LogP contribution in [0.4, 0.5) is 8.78 Å². The van der Waals surface area contributed by atoms with Gasteiger partial charge in [0.2, 0.25) is 0 Å². The molecule has 36 heavy (non-hydrogen) atoms. The van der Waals surface area contributed by atoms with Gasteiger partial charge in [-0.15, -0.1) is 0 Å². The van der Waals surface area contributed by atoms with Crippen molar-refractivity contribution in [2.75, 3.05) is 12.3 Å². The molecular formula is C27H23F2N3O3S. The summed E-state index contributed by atoms with van der Waals surface area (Å²) in [6, 6.07) is 15.2. The molecule has 0 unspecified atom stereocenters. The topological polar surface area (TPSA) is 81.1 Å². The van der Waals surface area contributed by atoms with Crippen molar-refractivity contribution in [1.82, 2.24) is 14.9 Å². The van der Waals surface area contributed by atoms with E-state index in [4.69, 9.17) is 0 Å². The Labute approximate surface area is 210 Å². The van der Waals surface area contributed by atoms with Crippen LogP contribution in [0.25, 0.3) is 16.6 Å². The van der Waals surface area contributed by atoms with Crippen LogP contribution in [-0.4, -0.2) is 33.5 Å². The second kappa shape index (κ2) is 10.8. The van der Waals surface area contributed by atoms with Gasteiger partial charge in [-0.2, -0.15) is 0 Å². The first-order valence-corrected chi connectivity index (χ1v) is 12.2. The van der Waals surface area contributed by atoms with Crippen LogP contribution in [0.3, 0.4) is 0 Å². The number of ketones is 1. The van der Waals surface area contributed by atoms with E-state index in [9.17, 15) is 23.2 Å². The molecule has 0 aliphatic carbocycles. The van der Waals surface area contributed by atoms with E-state index in [1.54, 1.807) is 12.1 Å². The van der Waals surface area contributed by atoms with E-state index in [-0.39, 0.29) is 45.1 Å². The SMILES string of the molecule is CC(C)CNC(=O)c1ccc2c(=O)n(-c3cccc(F)c3)c(SCC(=O)c3ccc(F)cc3)nc2c1. The molecular weight excluding hydrogens is 484 g/mol. The van der Waals surface area contributed by atoms with Crippen molar-refractivity contribution in [3.05, 3.63) is 99.8 Å². The molecule has 1 amide bonds. The fourth-order valence-electron chi connectivity index (χ4n) is 3.49. The molecule has 4 aromatic rings. The number of rotatable bonds is 8. The highest BCUT2D eigenvalue weighted by Gasteiger charge is 2.17. The van der Waals surface area contributed by atoms with Gasteiger partial charge in [0.05, 0.1) is 22.3 Å². The van der Waals surface area contributed by atoms with Crippen LogP contribution in [0.2, 0.25) is 0 Å². The summed E-state index contributed by atoms with van der Waals surface area (Å²) in [7, 11) is 0. The number of nitrogens with zero attached hydrogens (tertiary/aromatic N) is 2. The Hall–Kier alpha value is -3.85. The summed E-state index contributed by atoms with van der Waals surface area (Å²) in [5.74, 6) is -1.39. The molecule has 0 fully saturated rings. The zero-order valence-electron chi connectivity index (χ0n) is 19.6. The Kier molecular flexibility index (Phi) is 7.59. The number of benzene rings is 3. The maximum Gasteiger partial charge on any atom is 0.266 e. The number of amides is 1. The first-order chi connectivity index (χ1) is 17.2. The molecule has 0 aliphatic heterocycles. The van der Waals surface area contributed by atoms with Gasteiger partial charge in [-0.3, -0.25) is 19.0 Å². The second-order valence-electron chi connectivity index (χ2n) is 8.57. The molecule has 184 valence electrons. The minimum absolute atomic E-state index is 0.0898. The normalized spacial score (nSPS) is 11.1. The first kappa shape index (κ1) is 25.2. The van der Waals surface area contributed by atoms with Crippen LogP contribution in [0.15, 0.2) is 76.7 Å². The van der Waals surface area contributed by atoms with Crippen LogP contribution < -0.4 is 10.9 Å². The highest BCUT2D eigenvalue weighted by atomic mass is 32.2. The highest BCUT2D eigenvalue weighted by Crippen LogP contribution is 2.23. The van der Waals surface area contributed by atoms with Gasteiger partial charge in [0.15, 0.2) is 10.9 Å². The van der Waals surface area contributed by atoms with E-state index in [0.717, 1.165) is 11.8 Å². The summed E-state index contributed by atoms with van der Waals surface area (Å²) in [6.07, 6.45) is 0. The van der Waals surface area contributed by atoms with Crippen LogP contribution in [-0.2, 0) is 0 Å². The monoisotopic (exact) mass is 507 g/mol. The van der Waals surface area contributed by atoms with Gasteiger partial charge in [-0.25, -0.2) is 13.8 Å². The van der Waals surface area contributed by atoms with Gasteiger partial charge in [0, 0.05) is 17.7 Å². The quantitative estimate of drug-likeness (QED) is 0.206. The van der Waals surface area contributed by atoms with Crippen molar-refractivity contribution in [2.24, 2.45) is 5.92 Å². The van der Waals surface area contributed by atoms with Gasteiger partial charge in [-0.05, 0) is 66.6 Å². The average molecular weight is 508 g/mol. The smallest absolute Gasteiger partial charge is 0.266 e. The lowest BCUT2D eigenvalue weighted by Gasteiger charge is -2.14. The standard InChI is InChI=1S/C27H23F2N3O3S/c1-16(2)14-30-25(34)18-8-11-22-23(12-18)31-27(32(26(22)35)21-5-3-4-20(29)13-21)36-15-24(33)17-6-9-19(28)10-7-17/h3-13,16H,14-15H2,1-2H3,(H,30,34). The number of fused-ring (bicyclic) bond motifs is 1. The largest absolute Gasteiger partial charge is 0.352 e.